The molecule has 0 amide bonds. The first kappa shape index (κ1) is 22.0. The Balaban J connectivity index is 0.000000157. The van der Waals surface area contributed by atoms with Crippen LogP contribution in [-0.2, 0) is 17.6 Å². The number of ether oxygens (including phenoxy) is 1. The van der Waals surface area contributed by atoms with Crippen molar-refractivity contribution in [1.82, 2.24) is 0 Å². The second-order valence-electron chi connectivity index (χ2n) is 6.27. The van der Waals surface area contributed by atoms with Gasteiger partial charge in [0, 0.05) is 0 Å². The summed E-state index contributed by atoms with van der Waals surface area (Å²) in [6.07, 6.45) is 1.97. The summed E-state index contributed by atoms with van der Waals surface area (Å²) in [7, 11) is 0. The minimum Gasteiger partial charge on any atom is -0.386 e. The zero-order valence-electron chi connectivity index (χ0n) is 16.3. The van der Waals surface area contributed by atoms with Crippen molar-refractivity contribution in [3.05, 3.63) is 107 Å². The SMILES string of the molecule is NCCc1ccccc1.NCCc1ccccc1.O=C1OC(=O)c2ccccc21. The Labute approximate surface area is 171 Å². The third-order valence-electron chi connectivity index (χ3n) is 4.10. The molecule has 1 aliphatic rings. The molecule has 5 heteroatoms. The molecule has 29 heavy (non-hydrogen) atoms. The molecular weight excluding hydrogens is 364 g/mol. The molecule has 0 atom stereocenters. The van der Waals surface area contributed by atoms with E-state index in [1.54, 1.807) is 24.3 Å². The highest BCUT2D eigenvalue weighted by Crippen LogP contribution is 2.18. The van der Waals surface area contributed by atoms with E-state index in [1.807, 2.05) is 36.4 Å². The highest BCUT2D eigenvalue weighted by Gasteiger charge is 2.28. The maximum atomic E-state index is 10.8. The van der Waals surface area contributed by atoms with Gasteiger partial charge >= 0.3 is 11.9 Å². The van der Waals surface area contributed by atoms with Gasteiger partial charge in [-0.3, -0.25) is 0 Å². The van der Waals surface area contributed by atoms with Gasteiger partial charge in [0.1, 0.15) is 0 Å². The summed E-state index contributed by atoms with van der Waals surface area (Å²) in [5.74, 6) is -1.10. The van der Waals surface area contributed by atoms with Crippen LogP contribution in [0.2, 0.25) is 0 Å². The molecule has 3 aromatic carbocycles. The van der Waals surface area contributed by atoms with Gasteiger partial charge in [0.05, 0.1) is 11.1 Å². The first-order valence-corrected chi connectivity index (χ1v) is 9.49. The van der Waals surface area contributed by atoms with E-state index in [-0.39, 0.29) is 0 Å². The van der Waals surface area contributed by atoms with Crippen LogP contribution in [0.25, 0.3) is 0 Å². The van der Waals surface area contributed by atoms with Crippen LogP contribution >= 0.6 is 0 Å². The van der Waals surface area contributed by atoms with E-state index in [0.29, 0.717) is 11.1 Å². The molecular formula is C24H26N2O3. The van der Waals surface area contributed by atoms with Gasteiger partial charge in [-0.1, -0.05) is 72.8 Å². The Kier molecular flexibility index (Phi) is 9.29. The summed E-state index contributed by atoms with van der Waals surface area (Å²) in [5.41, 5.74) is 14.1. The molecule has 1 heterocycles. The van der Waals surface area contributed by atoms with Crippen molar-refractivity contribution in [3.8, 4) is 0 Å². The van der Waals surface area contributed by atoms with Gasteiger partial charge in [-0.25, -0.2) is 9.59 Å². The molecule has 0 fully saturated rings. The lowest BCUT2D eigenvalue weighted by Gasteiger charge is -1.93. The molecule has 0 aliphatic carbocycles. The lowest BCUT2D eigenvalue weighted by Crippen LogP contribution is -2.01. The average Bonchev–Trinajstić information content (AvgIpc) is 3.05. The van der Waals surface area contributed by atoms with E-state index < -0.39 is 11.9 Å². The second-order valence-corrected chi connectivity index (χ2v) is 6.27. The Bertz CT molecular complexity index is 822. The Morgan fingerprint density at radius 2 is 0.897 bits per heavy atom. The third kappa shape index (κ3) is 7.33. The van der Waals surface area contributed by atoms with Gasteiger partial charge in [-0.15, -0.1) is 0 Å². The number of esters is 2. The van der Waals surface area contributed by atoms with Crippen LogP contribution < -0.4 is 11.5 Å². The quantitative estimate of drug-likeness (QED) is 0.526. The number of fused-ring (bicyclic) bond motifs is 1. The van der Waals surface area contributed by atoms with Crippen molar-refractivity contribution in [1.29, 1.82) is 0 Å². The Hall–Kier alpha value is -3.28. The predicted octanol–water partition coefficient (Wildman–Crippen LogP) is 3.37. The minimum atomic E-state index is -0.550. The summed E-state index contributed by atoms with van der Waals surface area (Å²) < 4.78 is 4.35. The zero-order valence-corrected chi connectivity index (χ0v) is 16.3. The van der Waals surface area contributed by atoms with Crippen molar-refractivity contribution >= 4 is 11.9 Å². The van der Waals surface area contributed by atoms with Crippen molar-refractivity contribution < 1.29 is 14.3 Å². The van der Waals surface area contributed by atoms with Crippen LogP contribution in [0.4, 0.5) is 0 Å². The predicted molar refractivity (Wildman–Crippen MR) is 115 cm³/mol. The third-order valence-corrected chi connectivity index (χ3v) is 4.10. The monoisotopic (exact) mass is 390 g/mol. The number of rotatable bonds is 4. The van der Waals surface area contributed by atoms with Gasteiger partial charge in [0.15, 0.2) is 0 Å². The Morgan fingerprint density at radius 1 is 0.552 bits per heavy atom. The molecule has 0 saturated heterocycles. The maximum absolute atomic E-state index is 10.8. The lowest BCUT2D eigenvalue weighted by atomic mass is 10.1. The molecule has 0 bridgehead atoms. The van der Waals surface area contributed by atoms with Crippen molar-refractivity contribution in [2.75, 3.05) is 13.1 Å². The largest absolute Gasteiger partial charge is 0.386 e. The van der Waals surface area contributed by atoms with Gasteiger partial charge in [0.25, 0.3) is 0 Å². The molecule has 4 N–H and O–H groups in total. The molecule has 0 aromatic heterocycles. The first-order chi connectivity index (χ1) is 14.2. The second kappa shape index (κ2) is 12.2. The minimum absolute atomic E-state index is 0.359. The summed E-state index contributed by atoms with van der Waals surface area (Å²) in [5, 5.41) is 0. The van der Waals surface area contributed by atoms with E-state index >= 15 is 0 Å². The number of cyclic esters (lactones) is 2. The van der Waals surface area contributed by atoms with Gasteiger partial charge < -0.3 is 16.2 Å². The van der Waals surface area contributed by atoms with E-state index in [9.17, 15) is 9.59 Å². The van der Waals surface area contributed by atoms with E-state index in [0.717, 1.165) is 25.9 Å². The number of benzene rings is 3. The molecule has 0 spiro atoms. The molecule has 3 aromatic rings. The zero-order chi connectivity index (χ0) is 20.9. The Morgan fingerprint density at radius 3 is 1.24 bits per heavy atom. The van der Waals surface area contributed by atoms with Crippen LogP contribution in [0, 0.1) is 0 Å². The van der Waals surface area contributed by atoms with E-state index in [4.69, 9.17) is 11.5 Å². The normalized spacial score (nSPS) is 11.4. The van der Waals surface area contributed by atoms with Crippen LogP contribution in [0.5, 0.6) is 0 Å². The highest BCUT2D eigenvalue weighted by molar-refractivity contribution is 6.14. The number of hydrogen-bond donors (Lipinski definition) is 2. The van der Waals surface area contributed by atoms with Gasteiger partial charge in [-0.2, -0.15) is 0 Å². The number of hydrogen-bond acceptors (Lipinski definition) is 5. The average molecular weight is 390 g/mol. The summed E-state index contributed by atoms with van der Waals surface area (Å²) in [4.78, 5) is 21.7. The van der Waals surface area contributed by atoms with Gasteiger partial charge in [0.2, 0.25) is 0 Å². The summed E-state index contributed by atoms with van der Waals surface area (Å²) in [6, 6.07) is 27.0. The molecule has 0 saturated carbocycles. The highest BCUT2D eigenvalue weighted by atomic mass is 16.6. The topological polar surface area (TPSA) is 95.4 Å². The fourth-order valence-corrected chi connectivity index (χ4v) is 2.66. The van der Waals surface area contributed by atoms with Crippen LogP contribution in [0.1, 0.15) is 31.8 Å². The fourth-order valence-electron chi connectivity index (χ4n) is 2.66. The number of carbonyl (C=O) groups is 2. The molecule has 5 nitrogen and oxygen atoms in total. The van der Waals surface area contributed by atoms with Crippen molar-refractivity contribution in [2.24, 2.45) is 11.5 Å². The lowest BCUT2D eigenvalue weighted by molar-refractivity contribution is 0.0444. The van der Waals surface area contributed by atoms with Crippen LogP contribution in [-0.4, -0.2) is 25.0 Å². The van der Waals surface area contributed by atoms with Crippen LogP contribution in [0.15, 0.2) is 84.9 Å². The van der Waals surface area contributed by atoms with Crippen molar-refractivity contribution in [2.45, 2.75) is 12.8 Å². The molecule has 0 unspecified atom stereocenters. The van der Waals surface area contributed by atoms with Crippen LogP contribution in [0.3, 0.4) is 0 Å². The number of carbonyl (C=O) groups excluding carboxylic acids is 2. The first-order valence-electron chi connectivity index (χ1n) is 9.49. The summed E-state index contributed by atoms with van der Waals surface area (Å²) in [6.45, 7) is 1.48. The molecule has 4 rings (SSSR count). The van der Waals surface area contributed by atoms with Crippen molar-refractivity contribution in [3.63, 3.8) is 0 Å². The molecule has 0 radical (unpaired) electrons. The number of nitrogens with two attached hydrogens (primary N) is 2. The summed E-state index contributed by atoms with van der Waals surface area (Å²) >= 11 is 0. The van der Waals surface area contributed by atoms with E-state index in [1.165, 1.54) is 11.1 Å². The fraction of sp³-hybridized carbons (Fsp3) is 0.167. The van der Waals surface area contributed by atoms with Gasteiger partial charge in [-0.05, 0) is 49.2 Å². The molecule has 1 aliphatic heterocycles. The smallest absolute Gasteiger partial charge is 0.346 e. The molecule has 150 valence electrons. The van der Waals surface area contributed by atoms with E-state index in [2.05, 4.69) is 29.0 Å². The maximum Gasteiger partial charge on any atom is 0.346 e. The standard InChI is InChI=1S/2C8H11N.C8H4O3/c2*9-7-6-8-4-2-1-3-5-8;9-7-5-3-1-2-4-6(5)8(10)11-7/h2*1-5H,6-7,9H2;1-4H.